The summed E-state index contributed by atoms with van der Waals surface area (Å²) in [5.74, 6) is 0.943. The Balaban J connectivity index is 1.86. The monoisotopic (exact) mass is 376 g/mol. The van der Waals surface area contributed by atoms with Crippen LogP contribution in [0.25, 0.3) is 0 Å². The van der Waals surface area contributed by atoms with Gasteiger partial charge in [-0.2, -0.15) is 0 Å². The van der Waals surface area contributed by atoms with Crippen LogP contribution in [0, 0.1) is 5.41 Å². The average molecular weight is 377 g/mol. The number of hydrogen-bond donors (Lipinski definition) is 3. The number of rotatable bonds is 7. The Kier molecular flexibility index (Phi) is 5.93. The molecule has 1 fully saturated rings. The molecule has 1 aromatic rings. The van der Waals surface area contributed by atoms with Gasteiger partial charge in [-0.3, -0.25) is 9.71 Å². The number of hydrogen-bond acceptors (Lipinski definition) is 8. The van der Waals surface area contributed by atoms with E-state index in [-0.39, 0.29) is 0 Å². The van der Waals surface area contributed by atoms with E-state index in [0.29, 0.717) is 23.5 Å². The van der Waals surface area contributed by atoms with E-state index in [1.165, 1.54) is 5.70 Å². The molecule has 1 unspecified atom stereocenters. The molecule has 134 valence electrons. The van der Waals surface area contributed by atoms with Crippen molar-refractivity contribution in [1.82, 2.24) is 19.9 Å². The fourth-order valence-corrected chi connectivity index (χ4v) is 4.18. The maximum Gasteiger partial charge on any atom is 0.165 e. The molecule has 0 amide bonds. The van der Waals surface area contributed by atoms with E-state index in [2.05, 4.69) is 33.8 Å². The number of nitrogens with one attached hydrogen (secondary N) is 3. The summed E-state index contributed by atoms with van der Waals surface area (Å²) in [6.45, 7) is 5.77. The highest BCUT2D eigenvalue weighted by Crippen LogP contribution is 2.32. The molecule has 25 heavy (non-hydrogen) atoms. The Hall–Kier alpha value is -1.64. The molecule has 3 heterocycles. The standard InChI is InChI=1S/C17H24N6S2/c1-11(2)25-22-12-8-15-13(14(18)4-5-19-3)9-21-16(23(15)10-12)17-20-6-7-24-17/h4-7,11-12,18-19,22H,8-10H2,1-3H3/b5-4-,18-14?. The van der Waals surface area contributed by atoms with E-state index in [0.717, 1.165) is 29.4 Å². The third kappa shape index (κ3) is 4.13. The molecule has 6 nitrogen and oxygen atoms in total. The summed E-state index contributed by atoms with van der Waals surface area (Å²) >= 11 is 3.38. The Bertz CT molecular complexity index is 705. The summed E-state index contributed by atoms with van der Waals surface area (Å²) in [7, 11) is 1.84. The lowest BCUT2D eigenvalue weighted by atomic mass is 10.0. The first-order valence-corrected chi connectivity index (χ1v) is 10.1. The summed E-state index contributed by atoms with van der Waals surface area (Å²) in [5, 5.41) is 14.8. The van der Waals surface area contributed by atoms with Crippen LogP contribution in [-0.4, -0.2) is 52.9 Å². The first-order valence-electron chi connectivity index (χ1n) is 8.38. The normalized spacial score (nSPS) is 20.4. The van der Waals surface area contributed by atoms with Gasteiger partial charge in [-0.05, 0) is 12.3 Å². The molecule has 1 aromatic heterocycles. The van der Waals surface area contributed by atoms with Gasteiger partial charge in [-0.1, -0.05) is 25.8 Å². The minimum atomic E-state index is 0.349. The Morgan fingerprint density at radius 2 is 2.36 bits per heavy atom. The van der Waals surface area contributed by atoms with Crippen LogP contribution in [0.3, 0.4) is 0 Å². The third-order valence-electron chi connectivity index (χ3n) is 4.00. The number of allylic oxidation sites excluding steroid dienone is 1. The van der Waals surface area contributed by atoms with Crippen LogP contribution in [0.2, 0.25) is 0 Å². The number of amidine groups is 1. The Morgan fingerprint density at radius 3 is 3.04 bits per heavy atom. The van der Waals surface area contributed by atoms with Crippen LogP contribution in [0.1, 0.15) is 25.3 Å². The first-order chi connectivity index (χ1) is 12.1. The second-order valence-corrected chi connectivity index (χ2v) is 8.54. The van der Waals surface area contributed by atoms with E-state index < -0.39 is 0 Å². The SMILES string of the molecule is CN/C=C\C(=N)C1=C2CC(NSC(C)C)CN2C(c2nccs2)=NC1. The van der Waals surface area contributed by atoms with Crippen LogP contribution >= 0.6 is 23.3 Å². The van der Waals surface area contributed by atoms with Crippen LogP contribution in [0.15, 0.2) is 40.1 Å². The molecule has 0 radical (unpaired) electrons. The van der Waals surface area contributed by atoms with Crippen LogP contribution < -0.4 is 10.0 Å². The molecular formula is C17H24N6S2. The van der Waals surface area contributed by atoms with Gasteiger partial charge in [0.15, 0.2) is 10.8 Å². The number of aliphatic imine (C=N–C) groups is 1. The fourth-order valence-electron chi connectivity index (χ4n) is 2.91. The van der Waals surface area contributed by atoms with E-state index in [4.69, 9.17) is 10.4 Å². The van der Waals surface area contributed by atoms with Gasteiger partial charge < -0.3 is 15.6 Å². The number of thiazole rings is 1. The summed E-state index contributed by atoms with van der Waals surface area (Å²) in [5.41, 5.74) is 2.73. The van der Waals surface area contributed by atoms with Gasteiger partial charge in [-0.25, -0.2) is 4.98 Å². The highest BCUT2D eigenvalue weighted by Gasteiger charge is 2.36. The second kappa shape index (κ2) is 8.16. The molecule has 0 aromatic carbocycles. The molecule has 0 spiro atoms. The van der Waals surface area contributed by atoms with Gasteiger partial charge in [-0.15, -0.1) is 11.3 Å². The van der Waals surface area contributed by atoms with Crippen molar-refractivity contribution < 1.29 is 0 Å². The summed E-state index contributed by atoms with van der Waals surface area (Å²) < 4.78 is 3.57. The zero-order valence-electron chi connectivity index (χ0n) is 14.7. The molecule has 1 atom stereocenters. The Morgan fingerprint density at radius 1 is 1.52 bits per heavy atom. The predicted molar refractivity (Wildman–Crippen MR) is 107 cm³/mol. The maximum absolute atomic E-state index is 8.40. The average Bonchev–Trinajstić information content (AvgIpc) is 3.26. The molecule has 3 N–H and O–H groups in total. The van der Waals surface area contributed by atoms with Gasteiger partial charge in [0.05, 0.1) is 12.3 Å². The third-order valence-corrected chi connectivity index (χ3v) is 5.71. The fraction of sp³-hybridized carbons (Fsp3) is 0.471. The number of nitrogens with zero attached hydrogens (tertiary/aromatic N) is 3. The highest BCUT2D eigenvalue weighted by atomic mass is 32.2. The van der Waals surface area contributed by atoms with Crippen molar-refractivity contribution in [3.8, 4) is 0 Å². The quantitative estimate of drug-likeness (QED) is 0.504. The van der Waals surface area contributed by atoms with E-state index in [1.807, 2.05) is 18.6 Å². The smallest absolute Gasteiger partial charge is 0.165 e. The lowest BCUT2D eigenvalue weighted by Gasteiger charge is -2.27. The molecule has 3 rings (SSSR count). The van der Waals surface area contributed by atoms with Crippen molar-refractivity contribution in [3.05, 3.63) is 40.1 Å². The molecule has 0 saturated carbocycles. The first kappa shape index (κ1) is 18.2. The molecule has 0 bridgehead atoms. The topological polar surface area (TPSA) is 76.4 Å². The van der Waals surface area contributed by atoms with Crippen LogP contribution in [0.4, 0.5) is 0 Å². The zero-order chi connectivity index (χ0) is 17.8. The van der Waals surface area contributed by atoms with Crippen molar-refractivity contribution >= 4 is 34.8 Å². The molecule has 0 aliphatic carbocycles. The maximum atomic E-state index is 8.40. The number of fused-ring (bicyclic) bond motifs is 1. The van der Waals surface area contributed by atoms with Crippen LogP contribution in [0.5, 0.6) is 0 Å². The summed E-state index contributed by atoms with van der Waals surface area (Å²) in [6, 6.07) is 0.349. The van der Waals surface area contributed by atoms with Gasteiger partial charge in [0.1, 0.15) is 0 Å². The molecule has 2 aliphatic heterocycles. The highest BCUT2D eigenvalue weighted by molar-refractivity contribution is 7.98. The van der Waals surface area contributed by atoms with Crippen molar-refractivity contribution in [2.75, 3.05) is 20.1 Å². The van der Waals surface area contributed by atoms with E-state index >= 15 is 0 Å². The lowest BCUT2D eigenvalue weighted by molar-refractivity contribution is 0.540. The zero-order valence-corrected chi connectivity index (χ0v) is 16.4. The van der Waals surface area contributed by atoms with Gasteiger partial charge in [0, 0.05) is 54.2 Å². The second-order valence-electron chi connectivity index (χ2n) is 6.23. The van der Waals surface area contributed by atoms with E-state index in [1.54, 1.807) is 35.6 Å². The molecule has 2 aliphatic rings. The summed E-state index contributed by atoms with van der Waals surface area (Å²) in [6.07, 6.45) is 6.32. The predicted octanol–water partition coefficient (Wildman–Crippen LogP) is 2.63. The van der Waals surface area contributed by atoms with Crippen molar-refractivity contribution in [2.24, 2.45) is 4.99 Å². The van der Waals surface area contributed by atoms with Gasteiger partial charge in [0.2, 0.25) is 0 Å². The lowest BCUT2D eigenvalue weighted by Crippen LogP contribution is -2.36. The Labute approximate surface area is 157 Å². The molecular weight excluding hydrogens is 352 g/mol. The van der Waals surface area contributed by atoms with Crippen molar-refractivity contribution in [1.29, 1.82) is 5.41 Å². The van der Waals surface area contributed by atoms with Crippen molar-refractivity contribution in [3.63, 3.8) is 0 Å². The largest absolute Gasteiger partial charge is 0.394 e. The number of aromatic nitrogens is 1. The minimum Gasteiger partial charge on any atom is -0.394 e. The molecule has 1 saturated heterocycles. The van der Waals surface area contributed by atoms with Gasteiger partial charge >= 0.3 is 0 Å². The van der Waals surface area contributed by atoms with E-state index in [9.17, 15) is 0 Å². The molecule has 8 heteroatoms. The minimum absolute atomic E-state index is 0.349. The summed E-state index contributed by atoms with van der Waals surface area (Å²) in [4.78, 5) is 11.4. The van der Waals surface area contributed by atoms with Crippen LogP contribution in [-0.2, 0) is 0 Å². The van der Waals surface area contributed by atoms with Crippen molar-refractivity contribution in [2.45, 2.75) is 31.6 Å². The van der Waals surface area contributed by atoms with Gasteiger partial charge in [0.25, 0.3) is 0 Å².